The first-order chi connectivity index (χ1) is 9.06. The van der Waals surface area contributed by atoms with Gasteiger partial charge in [-0.05, 0) is 19.1 Å². The summed E-state index contributed by atoms with van der Waals surface area (Å²) < 4.78 is 5.28. The summed E-state index contributed by atoms with van der Waals surface area (Å²) in [5.74, 6) is -0.376. The number of aryl methyl sites for hydroxylation is 1. The third-order valence-corrected chi connectivity index (χ3v) is 3.71. The number of benzene rings is 1. The number of ether oxygens (including phenoxy) is 1. The highest BCUT2D eigenvalue weighted by atomic mass is 32.1. The minimum Gasteiger partial charge on any atom is -0.496 e. The lowest BCUT2D eigenvalue weighted by atomic mass is 10.1. The number of nitrogens with zero attached hydrogens (tertiary/aromatic N) is 1. The van der Waals surface area contributed by atoms with Crippen LogP contribution in [0.3, 0.4) is 0 Å². The lowest BCUT2D eigenvalue weighted by Crippen LogP contribution is -1.97. The number of hydrogen-bond donors (Lipinski definition) is 2. The molecule has 0 radical (unpaired) electrons. The molecule has 0 amide bonds. The number of carbonyl (C=O) groups is 1. The lowest BCUT2D eigenvalue weighted by molar-refractivity contribution is 0.0702. The van der Waals surface area contributed by atoms with E-state index in [-0.39, 0.29) is 4.88 Å². The standard InChI is InChI=1S/C13H14N2O3S/c1-7-4-5-9(18-3)8(6-7)10-11(12(16)17)19-13(14-2)15-10/h4-6H,1-3H3,(H,14,15)(H,16,17). The first kappa shape index (κ1) is 13.4. The number of aromatic carboxylic acids is 1. The minimum absolute atomic E-state index is 0.202. The predicted octanol–water partition coefficient (Wildman–Crippen LogP) is 2.87. The van der Waals surface area contributed by atoms with Crippen LogP contribution < -0.4 is 10.1 Å². The van der Waals surface area contributed by atoms with Crippen molar-refractivity contribution in [1.82, 2.24) is 4.98 Å². The first-order valence-electron chi connectivity index (χ1n) is 5.63. The average Bonchev–Trinajstić information content (AvgIpc) is 2.83. The molecular weight excluding hydrogens is 264 g/mol. The lowest BCUT2D eigenvalue weighted by Gasteiger charge is -2.08. The van der Waals surface area contributed by atoms with Crippen molar-refractivity contribution in [3.8, 4) is 17.0 Å². The third-order valence-electron chi connectivity index (χ3n) is 2.65. The minimum atomic E-state index is -0.988. The van der Waals surface area contributed by atoms with Crippen LogP contribution in [0.4, 0.5) is 5.13 Å². The van der Waals surface area contributed by atoms with E-state index in [0.717, 1.165) is 16.9 Å². The second kappa shape index (κ2) is 5.27. The summed E-state index contributed by atoms with van der Waals surface area (Å²) in [7, 11) is 3.27. The number of aromatic nitrogens is 1. The Bertz CT molecular complexity index is 622. The van der Waals surface area contributed by atoms with Gasteiger partial charge in [0.2, 0.25) is 0 Å². The van der Waals surface area contributed by atoms with Crippen molar-refractivity contribution >= 4 is 22.4 Å². The number of hydrogen-bond acceptors (Lipinski definition) is 5. The van der Waals surface area contributed by atoms with Gasteiger partial charge >= 0.3 is 5.97 Å². The van der Waals surface area contributed by atoms with Gasteiger partial charge in [0.25, 0.3) is 0 Å². The van der Waals surface area contributed by atoms with Crippen molar-refractivity contribution in [3.05, 3.63) is 28.6 Å². The van der Waals surface area contributed by atoms with Crippen LogP contribution in [-0.2, 0) is 0 Å². The van der Waals surface area contributed by atoms with Gasteiger partial charge in [-0.2, -0.15) is 0 Å². The number of methoxy groups -OCH3 is 1. The molecule has 0 atom stereocenters. The Labute approximate surface area is 114 Å². The Morgan fingerprint density at radius 1 is 1.47 bits per heavy atom. The summed E-state index contributed by atoms with van der Waals surface area (Å²) in [6.07, 6.45) is 0. The second-order valence-electron chi connectivity index (χ2n) is 3.96. The van der Waals surface area contributed by atoms with Gasteiger partial charge < -0.3 is 15.2 Å². The van der Waals surface area contributed by atoms with E-state index in [1.165, 1.54) is 0 Å². The van der Waals surface area contributed by atoms with Gasteiger partial charge in [0.15, 0.2) is 5.13 Å². The molecule has 1 aromatic heterocycles. The van der Waals surface area contributed by atoms with Crippen molar-refractivity contribution in [1.29, 1.82) is 0 Å². The maximum atomic E-state index is 11.3. The number of nitrogens with one attached hydrogen (secondary N) is 1. The van der Waals surface area contributed by atoms with Gasteiger partial charge in [-0.15, -0.1) is 0 Å². The molecule has 5 nitrogen and oxygen atoms in total. The van der Waals surface area contributed by atoms with Gasteiger partial charge in [-0.3, -0.25) is 0 Å². The molecule has 0 aliphatic carbocycles. The van der Waals surface area contributed by atoms with E-state index in [4.69, 9.17) is 4.74 Å². The smallest absolute Gasteiger partial charge is 0.348 e. The second-order valence-corrected chi connectivity index (χ2v) is 4.95. The molecule has 6 heteroatoms. The van der Waals surface area contributed by atoms with Crippen molar-refractivity contribution in [3.63, 3.8) is 0 Å². The van der Waals surface area contributed by atoms with E-state index in [1.54, 1.807) is 14.2 Å². The van der Waals surface area contributed by atoms with Crippen molar-refractivity contribution in [2.75, 3.05) is 19.5 Å². The van der Waals surface area contributed by atoms with E-state index in [2.05, 4.69) is 10.3 Å². The van der Waals surface area contributed by atoms with Crippen molar-refractivity contribution in [2.24, 2.45) is 0 Å². The highest BCUT2D eigenvalue weighted by Crippen LogP contribution is 2.36. The Kier molecular flexibility index (Phi) is 3.71. The molecular formula is C13H14N2O3S. The van der Waals surface area contributed by atoms with Crippen LogP contribution >= 0.6 is 11.3 Å². The number of carboxylic acids is 1. The Morgan fingerprint density at radius 2 is 2.21 bits per heavy atom. The molecule has 0 aliphatic rings. The molecule has 2 N–H and O–H groups in total. The average molecular weight is 278 g/mol. The van der Waals surface area contributed by atoms with Crippen LogP contribution in [0.5, 0.6) is 5.75 Å². The fourth-order valence-corrected chi connectivity index (χ4v) is 2.53. The van der Waals surface area contributed by atoms with E-state index >= 15 is 0 Å². The van der Waals surface area contributed by atoms with Crippen LogP contribution in [0.1, 0.15) is 15.2 Å². The fraction of sp³-hybridized carbons (Fsp3) is 0.231. The molecule has 2 rings (SSSR count). The summed E-state index contributed by atoms with van der Waals surface area (Å²) in [5.41, 5.74) is 2.14. The van der Waals surface area contributed by atoms with E-state index in [9.17, 15) is 9.90 Å². The van der Waals surface area contributed by atoms with E-state index in [0.29, 0.717) is 22.1 Å². The van der Waals surface area contributed by atoms with Crippen molar-refractivity contribution < 1.29 is 14.6 Å². The summed E-state index contributed by atoms with van der Waals surface area (Å²) in [6, 6.07) is 5.60. The van der Waals surface area contributed by atoms with Crippen LogP contribution in [0.25, 0.3) is 11.3 Å². The number of rotatable bonds is 4. The van der Waals surface area contributed by atoms with Gasteiger partial charge in [0.05, 0.1) is 7.11 Å². The molecule has 0 spiro atoms. The first-order valence-corrected chi connectivity index (χ1v) is 6.45. The Morgan fingerprint density at radius 3 is 2.79 bits per heavy atom. The molecule has 1 heterocycles. The summed E-state index contributed by atoms with van der Waals surface area (Å²) >= 11 is 1.11. The largest absolute Gasteiger partial charge is 0.496 e. The molecule has 0 fully saturated rings. The van der Waals surface area contributed by atoms with Crippen LogP contribution in [-0.4, -0.2) is 30.2 Å². The zero-order valence-corrected chi connectivity index (χ0v) is 11.7. The monoisotopic (exact) mass is 278 g/mol. The molecule has 0 bridgehead atoms. The molecule has 0 saturated carbocycles. The quantitative estimate of drug-likeness (QED) is 0.899. The van der Waals surface area contributed by atoms with Crippen LogP contribution in [0.2, 0.25) is 0 Å². The molecule has 100 valence electrons. The SMILES string of the molecule is CNc1nc(-c2cc(C)ccc2OC)c(C(=O)O)s1. The van der Waals surface area contributed by atoms with Gasteiger partial charge in [0.1, 0.15) is 16.3 Å². The fourth-order valence-electron chi connectivity index (χ4n) is 1.76. The highest BCUT2D eigenvalue weighted by molar-refractivity contribution is 7.17. The normalized spacial score (nSPS) is 10.3. The van der Waals surface area contributed by atoms with E-state index in [1.807, 2.05) is 25.1 Å². The molecule has 19 heavy (non-hydrogen) atoms. The molecule has 1 aromatic carbocycles. The van der Waals surface area contributed by atoms with Gasteiger partial charge in [0, 0.05) is 12.6 Å². The topological polar surface area (TPSA) is 71.5 Å². The van der Waals surface area contributed by atoms with Gasteiger partial charge in [-0.25, -0.2) is 9.78 Å². The zero-order valence-electron chi connectivity index (χ0n) is 10.9. The molecule has 0 saturated heterocycles. The zero-order chi connectivity index (χ0) is 14.0. The van der Waals surface area contributed by atoms with Crippen LogP contribution in [0, 0.1) is 6.92 Å². The predicted molar refractivity (Wildman–Crippen MR) is 75.3 cm³/mol. The summed E-state index contributed by atoms with van der Waals surface area (Å²) in [5, 5.41) is 12.7. The summed E-state index contributed by atoms with van der Waals surface area (Å²) in [6.45, 7) is 1.94. The number of thiazole rings is 1. The number of carboxylic acid groups (broad SMARTS) is 1. The maximum Gasteiger partial charge on any atom is 0.348 e. The summed E-state index contributed by atoms with van der Waals surface area (Å²) in [4.78, 5) is 15.8. The highest BCUT2D eigenvalue weighted by Gasteiger charge is 2.21. The molecule has 0 aliphatic heterocycles. The van der Waals surface area contributed by atoms with Crippen molar-refractivity contribution in [2.45, 2.75) is 6.92 Å². The van der Waals surface area contributed by atoms with E-state index < -0.39 is 5.97 Å². The van der Waals surface area contributed by atoms with Gasteiger partial charge in [-0.1, -0.05) is 23.0 Å². The Hall–Kier alpha value is -2.08. The Balaban J connectivity index is 2.66. The molecule has 2 aromatic rings. The maximum absolute atomic E-state index is 11.3. The number of anilines is 1. The molecule has 0 unspecified atom stereocenters. The third kappa shape index (κ3) is 2.53. The van der Waals surface area contributed by atoms with Crippen LogP contribution in [0.15, 0.2) is 18.2 Å².